The van der Waals surface area contributed by atoms with Gasteiger partial charge in [0, 0.05) is 18.7 Å². The monoisotopic (exact) mass is 280 g/mol. The van der Waals surface area contributed by atoms with Crippen molar-refractivity contribution in [1.82, 2.24) is 4.90 Å². The van der Waals surface area contributed by atoms with Crippen LogP contribution in [0.15, 0.2) is 18.2 Å². The van der Waals surface area contributed by atoms with E-state index in [2.05, 4.69) is 11.8 Å². The third-order valence-electron chi connectivity index (χ3n) is 3.92. The summed E-state index contributed by atoms with van der Waals surface area (Å²) in [5.41, 5.74) is 7.38. The summed E-state index contributed by atoms with van der Waals surface area (Å²) in [6.45, 7) is 5.05. The molecule has 2 rings (SSSR count). The summed E-state index contributed by atoms with van der Waals surface area (Å²) in [6.07, 6.45) is 4.03. The number of nitrogens with zero attached hydrogens (tertiary/aromatic N) is 1. The molecule has 2 N–H and O–H groups in total. The summed E-state index contributed by atoms with van der Waals surface area (Å²) in [5.74, 6) is 0.544. The van der Waals surface area contributed by atoms with Crippen molar-refractivity contribution in [2.45, 2.75) is 32.7 Å². The van der Waals surface area contributed by atoms with Crippen LogP contribution in [-0.4, -0.2) is 23.0 Å². The van der Waals surface area contributed by atoms with Crippen molar-refractivity contribution in [2.24, 2.45) is 11.7 Å². The highest BCUT2D eigenvalue weighted by atomic mass is 32.1. The Morgan fingerprint density at radius 1 is 1.47 bits per heavy atom. The smallest absolute Gasteiger partial charge is 0.123 e. The highest BCUT2D eigenvalue weighted by Gasteiger charge is 2.20. The molecule has 19 heavy (non-hydrogen) atoms. The van der Waals surface area contributed by atoms with Gasteiger partial charge < -0.3 is 5.73 Å². The third-order valence-corrected chi connectivity index (χ3v) is 4.14. The molecule has 1 aromatic carbocycles. The van der Waals surface area contributed by atoms with Gasteiger partial charge in [0.25, 0.3) is 0 Å². The molecule has 1 saturated carbocycles. The summed E-state index contributed by atoms with van der Waals surface area (Å²) in [6, 6.07) is 4.72. The SMILES string of the molecule is CCN(Cc1ccc(F)cc1C(N)=S)CC1CCC1. The lowest BCUT2D eigenvalue weighted by molar-refractivity contribution is 0.178. The second-order valence-corrected chi connectivity index (χ2v) is 5.73. The largest absolute Gasteiger partial charge is 0.389 e. The maximum Gasteiger partial charge on any atom is 0.123 e. The number of halogens is 1. The van der Waals surface area contributed by atoms with Crippen LogP contribution in [0.5, 0.6) is 0 Å². The zero-order valence-electron chi connectivity index (χ0n) is 11.4. The summed E-state index contributed by atoms with van der Waals surface area (Å²) < 4.78 is 13.3. The van der Waals surface area contributed by atoms with Gasteiger partial charge in [-0.15, -0.1) is 0 Å². The van der Waals surface area contributed by atoms with E-state index >= 15 is 0 Å². The fourth-order valence-electron chi connectivity index (χ4n) is 2.50. The second-order valence-electron chi connectivity index (χ2n) is 5.29. The molecular formula is C15H21FN2S. The van der Waals surface area contributed by atoms with Crippen molar-refractivity contribution in [2.75, 3.05) is 13.1 Å². The fraction of sp³-hybridized carbons (Fsp3) is 0.533. The Kier molecular flexibility index (Phi) is 4.88. The average molecular weight is 280 g/mol. The number of hydrogen-bond acceptors (Lipinski definition) is 2. The van der Waals surface area contributed by atoms with Crippen molar-refractivity contribution in [3.8, 4) is 0 Å². The summed E-state index contributed by atoms with van der Waals surface area (Å²) in [7, 11) is 0. The summed E-state index contributed by atoms with van der Waals surface area (Å²) in [5, 5.41) is 0. The molecule has 0 unspecified atom stereocenters. The zero-order chi connectivity index (χ0) is 13.8. The molecule has 104 valence electrons. The fourth-order valence-corrected chi connectivity index (χ4v) is 2.69. The number of benzene rings is 1. The van der Waals surface area contributed by atoms with Gasteiger partial charge in [-0.2, -0.15) is 0 Å². The normalized spacial score (nSPS) is 15.5. The average Bonchev–Trinajstić information content (AvgIpc) is 2.33. The van der Waals surface area contributed by atoms with Gasteiger partial charge in [-0.1, -0.05) is 31.6 Å². The number of thiocarbonyl (C=S) groups is 1. The van der Waals surface area contributed by atoms with Gasteiger partial charge in [-0.05, 0) is 43.0 Å². The zero-order valence-corrected chi connectivity index (χ0v) is 12.2. The highest BCUT2D eigenvalue weighted by molar-refractivity contribution is 7.80. The Morgan fingerprint density at radius 3 is 2.74 bits per heavy atom. The van der Waals surface area contributed by atoms with E-state index in [0.29, 0.717) is 5.56 Å². The molecule has 2 nitrogen and oxygen atoms in total. The predicted molar refractivity (Wildman–Crippen MR) is 80.6 cm³/mol. The summed E-state index contributed by atoms with van der Waals surface area (Å²) >= 11 is 5.01. The molecule has 1 aliphatic carbocycles. The van der Waals surface area contributed by atoms with E-state index < -0.39 is 0 Å². The lowest BCUT2D eigenvalue weighted by Gasteiger charge is -2.32. The molecule has 0 bridgehead atoms. The van der Waals surface area contributed by atoms with E-state index in [1.165, 1.54) is 31.4 Å². The van der Waals surface area contributed by atoms with Gasteiger partial charge in [0.1, 0.15) is 10.8 Å². The van der Waals surface area contributed by atoms with Crippen LogP contribution in [-0.2, 0) is 6.54 Å². The molecule has 0 heterocycles. The van der Waals surface area contributed by atoms with E-state index in [1.807, 2.05) is 0 Å². The van der Waals surface area contributed by atoms with Crippen molar-refractivity contribution >= 4 is 17.2 Å². The first-order valence-corrected chi connectivity index (χ1v) is 7.31. The molecule has 0 amide bonds. The number of hydrogen-bond donors (Lipinski definition) is 1. The Morgan fingerprint density at radius 2 is 2.21 bits per heavy atom. The van der Waals surface area contributed by atoms with E-state index in [-0.39, 0.29) is 10.8 Å². The van der Waals surface area contributed by atoms with Crippen molar-refractivity contribution < 1.29 is 4.39 Å². The lowest BCUT2D eigenvalue weighted by Crippen LogP contribution is -2.32. The lowest BCUT2D eigenvalue weighted by atomic mass is 9.85. The van der Waals surface area contributed by atoms with Gasteiger partial charge in [-0.25, -0.2) is 4.39 Å². The molecule has 0 aromatic heterocycles. The minimum absolute atomic E-state index is 0.272. The second kappa shape index (κ2) is 6.44. The van der Waals surface area contributed by atoms with Crippen LogP contribution in [0.1, 0.15) is 37.3 Å². The Hall–Kier alpha value is -1.00. The van der Waals surface area contributed by atoms with Gasteiger partial charge in [0.15, 0.2) is 0 Å². The molecule has 0 atom stereocenters. The number of nitrogens with two attached hydrogens (primary N) is 1. The molecule has 4 heteroatoms. The molecular weight excluding hydrogens is 259 g/mol. The Bertz CT molecular complexity index is 457. The predicted octanol–water partition coefficient (Wildman–Crippen LogP) is 3.08. The van der Waals surface area contributed by atoms with E-state index in [9.17, 15) is 4.39 Å². The molecule has 1 aliphatic rings. The van der Waals surface area contributed by atoms with Gasteiger partial charge in [0.05, 0.1) is 0 Å². The van der Waals surface area contributed by atoms with Crippen LogP contribution < -0.4 is 5.73 Å². The van der Waals surface area contributed by atoms with Crippen molar-refractivity contribution in [1.29, 1.82) is 0 Å². The molecule has 0 aliphatic heterocycles. The molecule has 0 radical (unpaired) electrons. The first kappa shape index (κ1) is 14.4. The first-order valence-electron chi connectivity index (χ1n) is 6.90. The minimum atomic E-state index is -0.284. The van der Waals surface area contributed by atoms with Gasteiger partial charge in [-0.3, -0.25) is 4.90 Å². The van der Waals surface area contributed by atoms with Crippen LogP contribution in [0.3, 0.4) is 0 Å². The maximum atomic E-state index is 13.3. The minimum Gasteiger partial charge on any atom is -0.389 e. The molecule has 0 saturated heterocycles. The molecule has 1 aromatic rings. The third kappa shape index (κ3) is 3.74. The van der Waals surface area contributed by atoms with E-state index in [0.717, 1.165) is 31.1 Å². The van der Waals surface area contributed by atoms with Crippen molar-refractivity contribution in [3.05, 3.63) is 35.1 Å². The van der Waals surface area contributed by atoms with Gasteiger partial charge >= 0.3 is 0 Å². The van der Waals surface area contributed by atoms with Gasteiger partial charge in [0.2, 0.25) is 0 Å². The van der Waals surface area contributed by atoms with E-state index in [4.69, 9.17) is 18.0 Å². The highest BCUT2D eigenvalue weighted by Crippen LogP contribution is 2.27. The Balaban J connectivity index is 2.09. The van der Waals surface area contributed by atoms with Crippen LogP contribution in [0.4, 0.5) is 4.39 Å². The number of rotatable bonds is 6. The Labute approximate surface area is 119 Å². The quantitative estimate of drug-likeness (QED) is 0.812. The topological polar surface area (TPSA) is 29.3 Å². The van der Waals surface area contributed by atoms with Crippen molar-refractivity contribution in [3.63, 3.8) is 0 Å². The first-order chi connectivity index (χ1) is 9.10. The van der Waals surface area contributed by atoms with Crippen LogP contribution in [0.25, 0.3) is 0 Å². The van der Waals surface area contributed by atoms with Crippen LogP contribution in [0.2, 0.25) is 0 Å². The molecule has 0 spiro atoms. The standard InChI is InChI=1S/C15H21FN2S/c1-2-18(9-11-4-3-5-11)10-12-6-7-13(16)8-14(12)15(17)19/h6-8,11H,2-5,9-10H2,1H3,(H2,17,19). The van der Waals surface area contributed by atoms with E-state index in [1.54, 1.807) is 6.07 Å². The molecule has 1 fully saturated rings. The maximum absolute atomic E-state index is 13.3. The summed E-state index contributed by atoms with van der Waals surface area (Å²) in [4.78, 5) is 2.66. The van der Waals surface area contributed by atoms with Crippen LogP contribution >= 0.6 is 12.2 Å². The van der Waals surface area contributed by atoms with Crippen LogP contribution in [0, 0.1) is 11.7 Å².